The Morgan fingerprint density at radius 3 is 2.61 bits per heavy atom. The lowest BCUT2D eigenvalue weighted by molar-refractivity contribution is 0.0268. The van der Waals surface area contributed by atoms with Crippen molar-refractivity contribution in [1.82, 2.24) is 4.37 Å². The molecule has 0 radical (unpaired) electrons. The van der Waals surface area contributed by atoms with Crippen molar-refractivity contribution >= 4 is 22.5 Å². The summed E-state index contributed by atoms with van der Waals surface area (Å²) in [5.74, 6) is -0.225. The Morgan fingerprint density at radius 1 is 1.33 bits per heavy atom. The first-order valence-corrected chi connectivity index (χ1v) is 7.34. The number of anilines is 1. The number of aromatic nitrogens is 1. The molecule has 0 aromatic carbocycles. The highest BCUT2D eigenvalue weighted by atomic mass is 32.1. The van der Waals surface area contributed by atoms with Crippen molar-refractivity contribution in [2.24, 2.45) is 0 Å². The first-order valence-electron chi connectivity index (χ1n) is 6.57. The summed E-state index contributed by atoms with van der Waals surface area (Å²) in [5.41, 5.74) is 1.36. The minimum atomic E-state index is -0.225. The van der Waals surface area contributed by atoms with Crippen molar-refractivity contribution in [1.29, 1.82) is 0 Å². The monoisotopic (exact) mass is 268 g/mol. The lowest BCUT2D eigenvalue weighted by atomic mass is 10.1. The molecule has 1 aromatic rings. The molecule has 0 unspecified atom stereocenters. The highest BCUT2D eigenvalue weighted by Gasteiger charge is 2.23. The first-order chi connectivity index (χ1) is 8.72. The number of carbonyl (C=O) groups is 1. The molecule has 0 saturated heterocycles. The zero-order chi connectivity index (χ0) is 13.0. The van der Waals surface area contributed by atoms with E-state index in [2.05, 4.69) is 9.69 Å². The second-order valence-electron chi connectivity index (χ2n) is 4.74. The van der Waals surface area contributed by atoms with Crippen LogP contribution in [0.2, 0.25) is 0 Å². The van der Waals surface area contributed by atoms with Crippen molar-refractivity contribution < 1.29 is 9.53 Å². The highest BCUT2D eigenvalue weighted by molar-refractivity contribution is 7.10. The zero-order valence-electron chi connectivity index (χ0n) is 11.0. The zero-order valence-corrected chi connectivity index (χ0v) is 11.8. The van der Waals surface area contributed by atoms with Crippen LogP contribution < -0.4 is 5.32 Å². The molecule has 0 spiro atoms. The molecule has 1 saturated carbocycles. The number of rotatable bonds is 3. The molecule has 4 nitrogen and oxygen atoms in total. The summed E-state index contributed by atoms with van der Waals surface area (Å²) in [4.78, 5) is 12.2. The van der Waals surface area contributed by atoms with Crippen LogP contribution in [0.15, 0.2) is 0 Å². The molecule has 1 N–H and O–H groups in total. The van der Waals surface area contributed by atoms with E-state index in [0.29, 0.717) is 5.56 Å². The molecule has 0 bridgehead atoms. The summed E-state index contributed by atoms with van der Waals surface area (Å²) < 4.78 is 9.83. The molecule has 1 fully saturated rings. The predicted octanol–water partition coefficient (Wildman–Crippen LogP) is 3.37. The Bertz CT molecular complexity index is 409. The number of hydrogen-bond acceptors (Lipinski definition) is 5. The van der Waals surface area contributed by atoms with Gasteiger partial charge in [0, 0.05) is 7.05 Å². The van der Waals surface area contributed by atoms with Gasteiger partial charge in [-0.2, -0.15) is 4.37 Å². The summed E-state index contributed by atoms with van der Waals surface area (Å²) in [6.07, 6.45) is 6.93. The molecule has 18 heavy (non-hydrogen) atoms. The average molecular weight is 268 g/mol. The van der Waals surface area contributed by atoms with Crippen LogP contribution in [0.1, 0.15) is 54.6 Å². The molecule has 2 rings (SSSR count). The maximum Gasteiger partial charge on any atom is 0.343 e. The number of hydrogen-bond donors (Lipinski definition) is 1. The van der Waals surface area contributed by atoms with Gasteiger partial charge < -0.3 is 10.1 Å². The Morgan fingerprint density at radius 2 is 2.00 bits per heavy atom. The van der Waals surface area contributed by atoms with Gasteiger partial charge in [-0.1, -0.05) is 12.8 Å². The van der Waals surface area contributed by atoms with Crippen molar-refractivity contribution in [3.63, 3.8) is 0 Å². The van der Waals surface area contributed by atoms with E-state index in [9.17, 15) is 4.79 Å². The van der Waals surface area contributed by atoms with Gasteiger partial charge in [-0.05, 0) is 44.1 Å². The van der Waals surface area contributed by atoms with Crippen LogP contribution in [-0.4, -0.2) is 23.5 Å². The largest absolute Gasteiger partial charge is 0.459 e. The average Bonchev–Trinajstić information content (AvgIpc) is 2.57. The van der Waals surface area contributed by atoms with Crippen LogP contribution in [0.25, 0.3) is 0 Å². The minimum Gasteiger partial charge on any atom is -0.459 e. The van der Waals surface area contributed by atoms with Crippen LogP contribution >= 0.6 is 11.5 Å². The third-order valence-corrected chi connectivity index (χ3v) is 4.33. The summed E-state index contributed by atoms with van der Waals surface area (Å²) >= 11 is 1.31. The lowest BCUT2D eigenvalue weighted by Crippen LogP contribution is -2.18. The van der Waals surface area contributed by atoms with Crippen LogP contribution in [0.4, 0.5) is 5.00 Å². The maximum absolute atomic E-state index is 12.2. The number of ether oxygens (including phenoxy) is 1. The number of esters is 1. The minimum absolute atomic E-state index is 0.0870. The molecule has 0 atom stereocenters. The van der Waals surface area contributed by atoms with Gasteiger partial charge in [0.25, 0.3) is 0 Å². The number of nitrogens with one attached hydrogen (secondary N) is 1. The van der Waals surface area contributed by atoms with E-state index < -0.39 is 0 Å². The third-order valence-electron chi connectivity index (χ3n) is 3.37. The quantitative estimate of drug-likeness (QED) is 0.674. The fourth-order valence-electron chi connectivity index (χ4n) is 2.35. The molecule has 1 aliphatic rings. The van der Waals surface area contributed by atoms with Crippen LogP contribution in [0.5, 0.6) is 0 Å². The van der Waals surface area contributed by atoms with E-state index in [1.807, 2.05) is 6.92 Å². The van der Waals surface area contributed by atoms with E-state index in [0.717, 1.165) is 36.4 Å². The van der Waals surface area contributed by atoms with Gasteiger partial charge in [-0.3, -0.25) is 0 Å². The molecule has 1 heterocycles. The topological polar surface area (TPSA) is 51.2 Å². The van der Waals surface area contributed by atoms with Crippen molar-refractivity contribution in [2.75, 3.05) is 12.4 Å². The van der Waals surface area contributed by atoms with Crippen molar-refractivity contribution in [2.45, 2.75) is 51.6 Å². The highest BCUT2D eigenvalue weighted by Crippen LogP contribution is 2.27. The predicted molar refractivity (Wildman–Crippen MR) is 73.3 cm³/mol. The second-order valence-corrected chi connectivity index (χ2v) is 5.51. The summed E-state index contributed by atoms with van der Waals surface area (Å²) in [6.45, 7) is 1.85. The smallest absolute Gasteiger partial charge is 0.343 e. The molecule has 1 aliphatic carbocycles. The molecular formula is C13H20N2O2S. The molecular weight excluding hydrogens is 248 g/mol. The Balaban J connectivity index is 2.04. The second kappa shape index (κ2) is 6.18. The van der Waals surface area contributed by atoms with E-state index in [1.54, 1.807) is 7.05 Å². The summed E-state index contributed by atoms with van der Waals surface area (Å²) in [7, 11) is 1.80. The maximum atomic E-state index is 12.2. The fraction of sp³-hybridized carbons (Fsp3) is 0.692. The Labute approximate surface area is 112 Å². The molecule has 1 aromatic heterocycles. The van der Waals surface area contributed by atoms with Crippen molar-refractivity contribution in [3.8, 4) is 0 Å². The van der Waals surface area contributed by atoms with E-state index in [1.165, 1.54) is 24.4 Å². The first kappa shape index (κ1) is 13.3. The van der Waals surface area contributed by atoms with Gasteiger partial charge in [0.1, 0.15) is 16.7 Å². The van der Waals surface area contributed by atoms with Gasteiger partial charge in [-0.15, -0.1) is 0 Å². The van der Waals surface area contributed by atoms with E-state index in [4.69, 9.17) is 4.74 Å². The van der Waals surface area contributed by atoms with E-state index in [-0.39, 0.29) is 12.1 Å². The summed E-state index contributed by atoms with van der Waals surface area (Å²) in [5, 5.41) is 3.80. The van der Waals surface area contributed by atoms with Crippen LogP contribution in [0, 0.1) is 6.92 Å². The molecule has 5 heteroatoms. The SMILES string of the molecule is CNc1snc(C)c1C(=O)OC1CCCCCC1. The van der Waals surface area contributed by atoms with Gasteiger partial charge >= 0.3 is 5.97 Å². The van der Waals surface area contributed by atoms with Crippen molar-refractivity contribution in [3.05, 3.63) is 11.3 Å². The lowest BCUT2D eigenvalue weighted by Gasteiger charge is -2.15. The molecule has 100 valence electrons. The third kappa shape index (κ3) is 3.02. The fourth-order valence-corrected chi connectivity index (χ4v) is 3.08. The normalized spacial score (nSPS) is 17.2. The standard InChI is InChI=1S/C13H20N2O2S/c1-9-11(12(14-2)18-15-9)13(16)17-10-7-5-3-4-6-8-10/h10,14H,3-8H2,1-2H3. The van der Waals surface area contributed by atoms with Gasteiger partial charge in [0.05, 0.1) is 5.69 Å². The van der Waals surface area contributed by atoms with Crippen LogP contribution in [-0.2, 0) is 4.74 Å². The Hall–Kier alpha value is -1.10. The van der Waals surface area contributed by atoms with Gasteiger partial charge in [-0.25, -0.2) is 4.79 Å². The van der Waals surface area contributed by atoms with Gasteiger partial charge in [0.15, 0.2) is 0 Å². The number of nitrogens with zero attached hydrogens (tertiary/aromatic N) is 1. The van der Waals surface area contributed by atoms with Crippen LogP contribution in [0.3, 0.4) is 0 Å². The number of aryl methyl sites for hydroxylation is 1. The molecule has 0 aliphatic heterocycles. The summed E-state index contributed by atoms with van der Waals surface area (Å²) in [6, 6.07) is 0. The molecule has 0 amide bonds. The Kier molecular flexibility index (Phi) is 4.58. The van der Waals surface area contributed by atoms with Gasteiger partial charge in [0.2, 0.25) is 0 Å². The number of carbonyl (C=O) groups excluding carboxylic acids is 1. The van der Waals surface area contributed by atoms with E-state index >= 15 is 0 Å².